The van der Waals surface area contributed by atoms with Crippen LogP contribution in [0.25, 0.3) is 0 Å². The summed E-state index contributed by atoms with van der Waals surface area (Å²) in [6.07, 6.45) is 3.98. The van der Waals surface area contributed by atoms with Crippen LogP contribution in [0.5, 0.6) is 5.75 Å². The molecule has 7 heteroatoms. The Balaban J connectivity index is 1.81. The van der Waals surface area contributed by atoms with E-state index in [4.69, 9.17) is 4.74 Å². The number of nitrogens with zero attached hydrogens (tertiary/aromatic N) is 3. The normalized spacial score (nSPS) is 11.0. The second-order valence-corrected chi connectivity index (χ2v) is 7.32. The number of hydrogen-bond acceptors (Lipinski definition) is 5. The lowest BCUT2D eigenvalue weighted by Gasteiger charge is -2.12. The molecule has 1 amide bonds. The molecular formula is C19H28N4O2S. The number of rotatable bonds is 10. The molecule has 0 aliphatic heterocycles. The molecule has 0 atom stereocenters. The Morgan fingerprint density at radius 2 is 2.08 bits per heavy atom. The third-order valence-corrected chi connectivity index (χ3v) is 4.63. The lowest BCUT2D eigenvalue weighted by Crippen LogP contribution is -2.26. The van der Waals surface area contributed by atoms with Crippen molar-refractivity contribution in [3.05, 3.63) is 35.7 Å². The molecule has 0 unspecified atom stereocenters. The number of nitrogens with one attached hydrogen (secondary N) is 1. The maximum absolute atomic E-state index is 12.2. The molecule has 26 heavy (non-hydrogen) atoms. The van der Waals surface area contributed by atoms with Crippen LogP contribution in [0.3, 0.4) is 0 Å². The highest BCUT2D eigenvalue weighted by molar-refractivity contribution is 7.98. The summed E-state index contributed by atoms with van der Waals surface area (Å²) in [5.41, 5.74) is 0.897. The summed E-state index contributed by atoms with van der Waals surface area (Å²) in [5.74, 6) is 2.27. The van der Waals surface area contributed by atoms with E-state index in [9.17, 15) is 4.79 Å². The third kappa shape index (κ3) is 5.76. The predicted molar refractivity (Wildman–Crippen MR) is 105 cm³/mol. The summed E-state index contributed by atoms with van der Waals surface area (Å²) in [4.78, 5) is 12.2. The number of benzene rings is 1. The first kappa shape index (κ1) is 20.3. The standard InChI is InChI=1S/C19H28N4O2S/c1-14(2)13-23-17(21-22-19(23)26-4)10-7-11-20-18(24)12-15-8-5-6-9-16(15)25-3/h5-6,8-9,14H,7,10-13H2,1-4H3,(H,20,24). The summed E-state index contributed by atoms with van der Waals surface area (Å²) >= 11 is 1.61. The van der Waals surface area contributed by atoms with Gasteiger partial charge in [-0.15, -0.1) is 10.2 Å². The van der Waals surface area contributed by atoms with Gasteiger partial charge >= 0.3 is 0 Å². The Hall–Kier alpha value is -2.02. The van der Waals surface area contributed by atoms with Crippen molar-refractivity contribution in [2.75, 3.05) is 19.9 Å². The predicted octanol–water partition coefficient (Wildman–Crippen LogP) is 2.96. The van der Waals surface area contributed by atoms with Gasteiger partial charge in [-0.25, -0.2) is 0 Å². The fraction of sp³-hybridized carbons (Fsp3) is 0.526. The first-order valence-electron chi connectivity index (χ1n) is 8.89. The van der Waals surface area contributed by atoms with E-state index in [1.807, 2.05) is 30.5 Å². The molecule has 1 heterocycles. The van der Waals surface area contributed by atoms with Crippen molar-refractivity contribution >= 4 is 17.7 Å². The van der Waals surface area contributed by atoms with Gasteiger partial charge in [0.15, 0.2) is 5.16 Å². The van der Waals surface area contributed by atoms with E-state index in [-0.39, 0.29) is 5.91 Å². The van der Waals surface area contributed by atoms with Crippen molar-refractivity contribution in [2.45, 2.75) is 44.8 Å². The Kier molecular flexibility index (Phi) is 7.97. The zero-order valence-corrected chi connectivity index (χ0v) is 16.8. The largest absolute Gasteiger partial charge is 0.496 e. The highest BCUT2D eigenvalue weighted by atomic mass is 32.2. The second kappa shape index (κ2) is 10.2. The minimum atomic E-state index is 0.00273. The van der Waals surface area contributed by atoms with Crippen molar-refractivity contribution in [1.82, 2.24) is 20.1 Å². The molecular weight excluding hydrogens is 348 g/mol. The SMILES string of the molecule is COc1ccccc1CC(=O)NCCCc1nnc(SC)n1CC(C)C. The fourth-order valence-corrected chi connectivity index (χ4v) is 3.29. The molecule has 1 aromatic heterocycles. The Morgan fingerprint density at radius 3 is 2.77 bits per heavy atom. The van der Waals surface area contributed by atoms with Crippen LogP contribution >= 0.6 is 11.8 Å². The molecule has 0 bridgehead atoms. The van der Waals surface area contributed by atoms with Crippen LogP contribution in [0, 0.1) is 5.92 Å². The molecule has 0 radical (unpaired) electrons. The second-order valence-electron chi connectivity index (χ2n) is 6.55. The van der Waals surface area contributed by atoms with Crippen molar-refractivity contribution in [3.8, 4) is 5.75 Å². The van der Waals surface area contributed by atoms with E-state index in [1.165, 1.54) is 0 Å². The molecule has 0 aliphatic rings. The summed E-state index contributed by atoms with van der Waals surface area (Å²) in [6, 6.07) is 7.59. The van der Waals surface area contributed by atoms with Gasteiger partial charge in [0.1, 0.15) is 11.6 Å². The summed E-state index contributed by atoms with van der Waals surface area (Å²) in [5, 5.41) is 12.5. The van der Waals surface area contributed by atoms with Gasteiger partial charge in [-0.05, 0) is 24.7 Å². The number of hydrogen-bond donors (Lipinski definition) is 1. The third-order valence-electron chi connectivity index (χ3n) is 3.97. The van der Waals surface area contributed by atoms with Gasteiger partial charge in [0.05, 0.1) is 13.5 Å². The molecule has 0 saturated heterocycles. The Labute approximate surface area is 159 Å². The lowest BCUT2D eigenvalue weighted by molar-refractivity contribution is -0.120. The maximum Gasteiger partial charge on any atom is 0.224 e. The molecule has 2 aromatic rings. The van der Waals surface area contributed by atoms with Crippen LogP contribution in [0.1, 0.15) is 31.7 Å². The average Bonchev–Trinajstić information content (AvgIpc) is 3.00. The number of methoxy groups -OCH3 is 1. The lowest BCUT2D eigenvalue weighted by atomic mass is 10.1. The van der Waals surface area contributed by atoms with Crippen molar-refractivity contribution < 1.29 is 9.53 Å². The van der Waals surface area contributed by atoms with Crippen molar-refractivity contribution in [3.63, 3.8) is 0 Å². The minimum Gasteiger partial charge on any atom is -0.496 e. The van der Waals surface area contributed by atoms with Gasteiger partial charge in [0.2, 0.25) is 5.91 Å². The topological polar surface area (TPSA) is 69.0 Å². The Morgan fingerprint density at radius 1 is 1.31 bits per heavy atom. The number of para-hydroxylation sites is 1. The monoisotopic (exact) mass is 376 g/mol. The summed E-state index contributed by atoms with van der Waals surface area (Å²) < 4.78 is 7.47. The Bertz CT molecular complexity index is 715. The van der Waals surface area contributed by atoms with E-state index in [0.29, 0.717) is 18.9 Å². The average molecular weight is 377 g/mol. The van der Waals surface area contributed by atoms with Crippen LogP contribution < -0.4 is 10.1 Å². The molecule has 1 aromatic carbocycles. The molecule has 0 fully saturated rings. The maximum atomic E-state index is 12.2. The highest BCUT2D eigenvalue weighted by Crippen LogP contribution is 2.18. The number of ether oxygens (including phenoxy) is 1. The zero-order chi connectivity index (χ0) is 18.9. The van der Waals surface area contributed by atoms with Gasteiger partial charge in [-0.1, -0.05) is 43.8 Å². The van der Waals surface area contributed by atoms with E-state index < -0.39 is 0 Å². The summed E-state index contributed by atoms with van der Waals surface area (Å²) in [6.45, 7) is 5.91. The van der Waals surface area contributed by atoms with Crippen molar-refractivity contribution in [2.24, 2.45) is 5.92 Å². The molecule has 0 saturated carbocycles. The van der Waals surface area contributed by atoms with Crippen LogP contribution in [-0.2, 0) is 24.2 Å². The van der Waals surface area contributed by atoms with Crippen LogP contribution in [0.4, 0.5) is 0 Å². The molecule has 0 spiro atoms. The number of aromatic nitrogens is 3. The fourth-order valence-electron chi connectivity index (χ4n) is 2.76. The van der Waals surface area contributed by atoms with Gasteiger partial charge < -0.3 is 14.6 Å². The van der Waals surface area contributed by atoms with Crippen molar-refractivity contribution in [1.29, 1.82) is 0 Å². The smallest absolute Gasteiger partial charge is 0.224 e. The molecule has 6 nitrogen and oxygen atoms in total. The molecule has 142 valence electrons. The van der Waals surface area contributed by atoms with Gasteiger partial charge in [-0.2, -0.15) is 0 Å². The first-order chi connectivity index (χ1) is 12.5. The van der Waals surface area contributed by atoms with E-state index in [2.05, 4.69) is 33.9 Å². The molecule has 0 aliphatic carbocycles. The van der Waals surface area contributed by atoms with Gasteiger partial charge in [-0.3, -0.25) is 4.79 Å². The summed E-state index contributed by atoms with van der Waals surface area (Å²) in [7, 11) is 1.62. The minimum absolute atomic E-state index is 0.00273. The van der Waals surface area contributed by atoms with Crippen LogP contribution in [0.15, 0.2) is 29.4 Å². The number of carbonyl (C=O) groups is 1. The molecule has 1 N–H and O–H groups in total. The number of thioether (sulfide) groups is 1. The van der Waals surface area contributed by atoms with Crippen LogP contribution in [0.2, 0.25) is 0 Å². The first-order valence-corrected chi connectivity index (χ1v) is 10.1. The van der Waals surface area contributed by atoms with E-state index >= 15 is 0 Å². The van der Waals surface area contributed by atoms with Crippen LogP contribution in [-0.4, -0.2) is 40.6 Å². The quantitative estimate of drug-likeness (QED) is 0.510. The highest BCUT2D eigenvalue weighted by Gasteiger charge is 2.13. The van der Waals surface area contributed by atoms with E-state index in [0.717, 1.165) is 41.7 Å². The zero-order valence-electron chi connectivity index (χ0n) is 16.0. The number of amides is 1. The van der Waals surface area contributed by atoms with Gasteiger partial charge in [0, 0.05) is 25.1 Å². The molecule has 2 rings (SSSR count). The number of aryl methyl sites for hydroxylation is 1. The van der Waals surface area contributed by atoms with Gasteiger partial charge in [0.25, 0.3) is 0 Å². The number of carbonyl (C=O) groups excluding carboxylic acids is 1. The van der Waals surface area contributed by atoms with E-state index in [1.54, 1.807) is 18.9 Å².